The summed E-state index contributed by atoms with van der Waals surface area (Å²) < 4.78 is 13.1. The lowest BCUT2D eigenvalue weighted by molar-refractivity contribution is 0.0953. The number of aryl methyl sites for hydroxylation is 1. The highest BCUT2D eigenvalue weighted by molar-refractivity contribution is 9.09. The van der Waals surface area contributed by atoms with Crippen LogP contribution in [0.2, 0.25) is 0 Å². The van der Waals surface area contributed by atoms with Crippen LogP contribution < -0.4 is 5.32 Å². The second-order valence-corrected chi connectivity index (χ2v) is 5.76. The molecule has 0 spiro atoms. The minimum absolute atomic E-state index is 0.210. The molecule has 1 aromatic carbocycles. The molecule has 1 saturated carbocycles. The first-order valence-electron chi connectivity index (χ1n) is 5.76. The summed E-state index contributed by atoms with van der Waals surface area (Å²) in [6.07, 6.45) is 2.45. The van der Waals surface area contributed by atoms with Gasteiger partial charge in [-0.2, -0.15) is 0 Å². The summed E-state index contributed by atoms with van der Waals surface area (Å²) in [5, 5.41) is 2.82. The normalized spacial score (nSPS) is 16.6. The van der Waals surface area contributed by atoms with Crippen LogP contribution in [0.5, 0.6) is 0 Å². The van der Waals surface area contributed by atoms with Crippen molar-refractivity contribution in [3.05, 3.63) is 35.1 Å². The number of carbonyl (C=O) groups is 1. The molecule has 0 heterocycles. The van der Waals surface area contributed by atoms with E-state index in [1.807, 2.05) is 0 Å². The van der Waals surface area contributed by atoms with Crippen LogP contribution >= 0.6 is 15.9 Å². The molecule has 0 aliphatic heterocycles. The Kier molecular flexibility index (Phi) is 3.82. The van der Waals surface area contributed by atoms with Gasteiger partial charge >= 0.3 is 0 Å². The van der Waals surface area contributed by atoms with Gasteiger partial charge in [0.15, 0.2) is 0 Å². The van der Waals surface area contributed by atoms with E-state index in [0.29, 0.717) is 22.9 Å². The van der Waals surface area contributed by atoms with Crippen molar-refractivity contribution in [2.24, 2.45) is 5.92 Å². The third kappa shape index (κ3) is 3.53. The average Bonchev–Trinajstić information content (AvgIpc) is 3.07. The molecular weight excluding hydrogens is 285 g/mol. The Morgan fingerprint density at radius 3 is 2.82 bits per heavy atom. The van der Waals surface area contributed by atoms with E-state index in [1.54, 1.807) is 13.0 Å². The van der Waals surface area contributed by atoms with Crippen molar-refractivity contribution in [2.75, 3.05) is 6.54 Å². The quantitative estimate of drug-likeness (QED) is 0.851. The van der Waals surface area contributed by atoms with Crippen molar-refractivity contribution in [1.82, 2.24) is 5.32 Å². The van der Waals surface area contributed by atoms with Crippen molar-refractivity contribution in [2.45, 2.75) is 24.6 Å². The maximum Gasteiger partial charge on any atom is 0.251 e. The van der Waals surface area contributed by atoms with Gasteiger partial charge in [0.1, 0.15) is 5.82 Å². The molecule has 1 atom stereocenters. The summed E-state index contributed by atoms with van der Waals surface area (Å²) in [6.45, 7) is 2.37. The second kappa shape index (κ2) is 5.17. The number of carbonyl (C=O) groups excluding carboxylic acids is 1. The van der Waals surface area contributed by atoms with Crippen LogP contribution in [-0.4, -0.2) is 17.3 Å². The molecule has 2 nitrogen and oxygen atoms in total. The van der Waals surface area contributed by atoms with Gasteiger partial charge in [-0.3, -0.25) is 4.79 Å². The lowest BCUT2D eigenvalue weighted by atomic mass is 10.1. The summed E-state index contributed by atoms with van der Waals surface area (Å²) in [5.74, 6) is 0.106. The first-order chi connectivity index (χ1) is 8.06. The largest absolute Gasteiger partial charge is 0.351 e. The number of hydrogen-bond donors (Lipinski definition) is 1. The summed E-state index contributed by atoms with van der Waals surface area (Å²) in [5.41, 5.74) is 1.14. The number of rotatable bonds is 4. The van der Waals surface area contributed by atoms with E-state index in [0.717, 1.165) is 5.56 Å². The van der Waals surface area contributed by atoms with Crippen molar-refractivity contribution < 1.29 is 9.18 Å². The van der Waals surface area contributed by atoms with E-state index >= 15 is 0 Å². The van der Waals surface area contributed by atoms with Gasteiger partial charge in [0.05, 0.1) is 0 Å². The van der Waals surface area contributed by atoms with Crippen molar-refractivity contribution in [3.8, 4) is 0 Å². The van der Waals surface area contributed by atoms with Crippen LogP contribution in [0.3, 0.4) is 0 Å². The highest BCUT2D eigenvalue weighted by Crippen LogP contribution is 2.36. The van der Waals surface area contributed by atoms with E-state index in [2.05, 4.69) is 21.2 Å². The first kappa shape index (κ1) is 12.6. The molecule has 17 heavy (non-hydrogen) atoms. The fraction of sp³-hybridized carbons (Fsp3) is 0.462. The Morgan fingerprint density at radius 2 is 2.24 bits per heavy atom. The molecule has 0 radical (unpaired) electrons. The summed E-state index contributed by atoms with van der Waals surface area (Å²) in [7, 11) is 0. The number of amides is 1. The van der Waals surface area contributed by atoms with E-state index in [4.69, 9.17) is 0 Å². The molecule has 1 aliphatic carbocycles. The Morgan fingerprint density at radius 1 is 1.53 bits per heavy atom. The molecule has 1 unspecified atom stereocenters. The predicted octanol–water partition coefficient (Wildman–Crippen LogP) is 3.04. The molecule has 1 amide bonds. The summed E-state index contributed by atoms with van der Waals surface area (Å²) in [6, 6.07) is 4.37. The van der Waals surface area contributed by atoms with Crippen LogP contribution in [-0.2, 0) is 0 Å². The van der Waals surface area contributed by atoms with Gasteiger partial charge in [-0.05, 0) is 49.4 Å². The fourth-order valence-corrected chi connectivity index (χ4v) is 2.47. The minimum Gasteiger partial charge on any atom is -0.351 e. The fourth-order valence-electron chi connectivity index (χ4n) is 1.78. The topological polar surface area (TPSA) is 29.1 Å². The molecule has 1 aliphatic rings. The molecule has 0 saturated heterocycles. The smallest absolute Gasteiger partial charge is 0.251 e. The van der Waals surface area contributed by atoms with E-state index in [9.17, 15) is 9.18 Å². The number of halogens is 2. The Bertz CT molecular complexity index is 411. The monoisotopic (exact) mass is 299 g/mol. The van der Waals surface area contributed by atoms with E-state index < -0.39 is 0 Å². The SMILES string of the molecule is Cc1cc(F)cc(C(=O)NCC(Br)C2CC2)c1. The number of nitrogens with one attached hydrogen (secondary N) is 1. The Balaban J connectivity index is 1.94. The zero-order valence-electron chi connectivity index (χ0n) is 9.67. The third-order valence-electron chi connectivity index (χ3n) is 2.90. The molecule has 1 aromatic rings. The zero-order valence-corrected chi connectivity index (χ0v) is 11.3. The standard InChI is InChI=1S/C13H15BrFNO/c1-8-4-10(6-11(15)5-8)13(17)16-7-12(14)9-2-3-9/h4-6,9,12H,2-3,7H2,1H3,(H,16,17). The van der Waals surface area contributed by atoms with Crippen molar-refractivity contribution in [3.63, 3.8) is 0 Å². The van der Waals surface area contributed by atoms with E-state index in [1.165, 1.54) is 25.0 Å². The van der Waals surface area contributed by atoms with Gasteiger partial charge in [-0.25, -0.2) is 4.39 Å². The molecular formula is C13H15BrFNO. The predicted molar refractivity (Wildman–Crippen MR) is 68.9 cm³/mol. The zero-order chi connectivity index (χ0) is 12.4. The summed E-state index contributed by atoms with van der Waals surface area (Å²) >= 11 is 3.55. The third-order valence-corrected chi connectivity index (χ3v) is 3.97. The van der Waals surface area contributed by atoms with Gasteiger partial charge in [-0.1, -0.05) is 15.9 Å². The number of alkyl halides is 1. The lowest BCUT2D eigenvalue weighted by Gasteiger charge is -2.10. The van der Waals surface area contributed by atoms with Gasteiger partial charge in [-0.15, -0.1) is 0 Å². The highest BCUT2D eigenvalue weighted by Gasteiger charge is 2.29. The Labute approximate surface area is 109 Å². The van der Waals surface area contributed by atoms with Crippen LogP contribution in [0.4, 0.5) is 4.39 Å². The van der Waals surface area contributed by atoms with Gasteiger partial charge in [0.2, 0.25) is 0 Å². The maximum atomic E-state index is 13.1. The number of hydrogen-bond acceptors (Lipinski definition) is 1. The van der Waals surface area contributed by atoms with Crippen molar-refractivity contribution in [1.29, 1.82) is 0 Å². The van der Waals surface area contributed by atoms with Gasteiger partial charge < -0.3 is 5.32 Å². The average molecular weight is 300 g/mol. The molecule has 2 rings (SSSR count). The molecule has 92 valence electrons. The van der Waals surface area contributed by atoms with E-state index in [-0.39, 0.29) is 11.7 Å². The van der Waals surface area contributed by atoms with Gasteiger partial charge in [0, 0.05) is 16.9 Å². The Hall–Kier alpha value is -0.900. The minimum atomic E-state index is -0.368. The highest BCUT2D eigenvalue weighted by atomic mass is 79.9. The molecule has 0 aromatic heterocycles. The van der Waals surface area contributed by atoms with Gasteiger partial charge in [0.25, 0.3) is 5.91 Å². The second-order valence-electron chi connectivity index (χ2n) is 4.58. The first-order valence-corrected chi connectivity index (χ1v) is 6.67. The molecule has 4 heteroatoms. The number of benzene rings is 1. The summed E-state index contributed by atoms with van der Waals surface area (Å²) in [4.78, 5) is 12.1. The molecule has 0 bridgehead atoms. The van der Waals surface area contributed by atoms with Crippen LogP contribution in [0.25, 0.3) is 0 Å². The van der Waals surface area contributed by atoms with Crippen LogP contribution in [0, 0.1) is 18.7 Å². The molecule has 1 fully saturated rings. The van der Waals surface area contributed by atoms with Crippen LogP contribution in [0.1, 0.15) is 28.8 Å². The molecule has 1 N–H and O–H groups in total. The van der Waals surface area contributed by atoms with Crippen molar-refractivity contribution >= 4 is 21.8 Å². The maximum absolute atomic E-state index is 13.1. The lowest BCUT2D eigenvalue weighted by Crippen LogP contribution is -2.30. The van der Waals surface area contributed by atoms with Crippen LogP contribution in [0.15, 0.2) is 18.2 Å².